The molecule has 0 bridgehead atoms. The summed E-state index contributed by atoms with van der Waals surface area (Å²) >= 11 is 0. The van der Waals surface area contributed by atoms with Crippen LogP contribution in [0.5, 0.6) is 0 Å². The maximum Gasteiger partial charge on any atom is 0.551 e. The summed E-state index contributed by atoms with van der Waals surface area (Å²) in [6, 6.07) is 0. The lowest BCUT2D eigenvalue weighted by Gasteiger charge is -2.25. The molecule has 0 atom stereocenters. The van der Waals surface area contributed by atoms with Gasteiger partial charge < -0.3 is 9.64 Å². The third-order valence-corrected chi connectivity index (χ3v) is 1.50. The first kappa shape index (κ1) is 7.95. The SMILES string of the molecule is FB(F)CN1CCOCC1. The van der Waals surface area contributed by atoms with E-state index in [0.717, 1.165) is 0 Å². The van der Waals surface area contributed by atoms with E-state index < -0.39 is 7.27 Å². The van der Waals surface area contributed by atoms with E-state index >= 15 is 0 Å². The summed E-state index contributed by atoms with van der Waals surface area (Å²) in [5, 5.41) is 0. The molecule has 1 rings (SSSR count). The lowest BCUT2D eigenvalue weighted by Crippen LogP contribution is -2.40. The Balaban J connectivity index is 2.13. The zero-order chi connectivity index (χ0) is 7.40. The number of morpholine rings is 1. The molecule has 5 heteroatoms. The van der Waals surface area contributed by atoms with E-state index in [-0.39, 0.29) is 6.44 Å². The van der Waals surface area contributed by atoms with Gasteiger partial charge in [-0.05, 0) is 0 Å². The van der Waals surface area contributed by atoms with E-state index in [2.05, 4.69) is 0 Å². The topological polar surface area (TPSA) is 12.5 Å². The monoisotopic (exact) mass is 149 g/mol. The second-order valence-corrected chi connectivity index (χ2v) is 2.30. The first-order chi connectivity index (χ1) is 4.79. The van der Waals surface area contributed by atoms with E-state index in [1.54, 1.807) is 4.90 Å². The number of halogens is 2. The molecule has 2 nitrogen and oxygen atoms in total. The molecular formula is C5H10BF2NO. The van der Waals surface area contributed by atoms with Crippen molar-refractivity contribution in [1.29, 1.82) is 0 Å². The number of ether oxygens (including phenoxy) is 1. The van der Waals surface area contributed by atoms with Crippen molar-refractivity contribution in [2.75, 3.05) is 32.7 Å². The highest BCUT2D eigenvalue weighted by atomic mass is 19.2. The fourth-order valence-electron chi connectivity index (χ4n) is 0.979. The molecule has 10 heavy (non-hydrogen) atoms. The summed E-state index contributed by atoms with van der Waals surface area (Å²) < 4.78 is 28.5. The van der Waals surface area contributed by atoms with Gasteiger partial charge in [-0.15, -0.1) is 0 Å². The molecule has 1 heterocycles. The van der Waals surface area contributed by atoms with E-state index in [4.69, 9.17) is 4.74 Å². The van der Waals surface area contributed by atoms with Gasteiger partial charge in [0.25, 0.3) is 0 Å². The molecule has 1 saturated heterocycles. The smallest absolute Gasteiger partial charge is 0.379 e. The lowest BCUT2D eigenvalue weighted by molar-refractivity contribution is 0.0445. The molecule has 0 amide bonds. The first-order valence-corrected chi connectivity index (χ1v) is 3.37. The Labute approximate surface area is 59.3 Å². The number of nitrogens with zero attached hydrogens (tertiary/aromatic N) is 1. The van der Waals surface area contributed by atoms with Crippen LogP contribution in [0.15, 0.2) is 0 Å². The predicted molar refractivity (Wildman–Crippen MR) is 35.2 cm³/mol. The number of rotatable bonds is 2. The number of hydrogen-bond donors (Lipinski definition) is 0. The molecule has 1 aliphatic rings. The summed E-state index contributed by atoms with van der Waals surface area (Å²) in [7, 11) is -2.21. The molecule has 58 valence electrons. The van der Waals surface area contributed by atoms with Crippen LogP contribution in [0.1, 0.15) is 0 Å². The molecule has 1 fully saturated rings. The van der Waals surface area contributed by atoms with Gasteiger partial charge in [-0.1, -0.05) is 0 Å². The molecule has 0 radical (unpaired) electrons. The lowest BCUT2D eigenvalue weighted by atomic mass is 9.98. The Hall–Kier alpha value is -0.155. The van der Waals surface area contributed by atoms with Crippen LogP contribution < -0.4 is 0 Å². The van der Waals surface area contributed by atoms with Crippen LogP contribution in [0.4, 0.5) is 8.63 Å². The Morgan fingerprint density at radius 2 is 1.90 bits per heavy atom. The van der Waals surface area contributed by atoms with Gasteiger partial charge in [-0.25, -0.2) is 0 Å². The van der Waals surface area contributed by atoms with Crippen molar-refractivity contribution < 1.29 is 13.4 Å². The van der Waals surface area contributed by atoms with Crippen molar-refractivity contribution in [3.8, 4) is 0 Å². The minimum absolute atomic E-state index is 0.108. The summed E-state index contributed by atoms with van der Waals surface area (Å²) in [4.78, 5) is 1.72. The quantitative estimate of drug-likeness (QED) is 0.523. The molecule has 0 aromatic carbocycles. The van der Waals surface area contributed by atoms with Crippen molar-refractivity contribution in [2.24, 2.45) is 0 Å². The second-order valence-electron chi connectivity index (χ2n) is 2.30. The molecule has 0 unspecified atom stereocenters. The summed E-state index contributed by atoms with van der Waals surface area (Å²) in [6.45, 7) is 2.47. The van der Waals surface area contributed by atoms with Crippen LogP contribution in [-0.2, 0) is 4.74 Å². The Bertz CT molecular complexity index is 97.6. The highest BCUT2D eigenvalue weighted by molar-refractivity contribution is 6.42. The third kappa shape index (κ3) is 2.62. The zero-order valence-electron chi connectivity index (χ0n) is 5.72. The van der Waals surface area contributed by atoms with E-state index in [1.807, 2.05) is 0 Å². The highest BCUT2D eigenvalue weighted by Gasteiger charge is 2.19. The molecular weight excluding hydrogens is 139 g/mol. The van der Waals surface area contributed by atoms with Crippen LogP contribution in [0.2, 0.25) is 0 Å². The molecule has 0 aromatic heterocycles. The molecule has 0 aromatic rings. The normalized spacial score (nSPS) is 21.0. The van der Waals surface area contributed by atoms with Crippen LogP contribution in [0, 0.1) is 0 Å². The molecule has 0 N–H and O–H groups in total. The van der Waals surface area contributed by atoms with E-state index in [0.29, 0.717) is 26.3 Å². The van der Waals surface area contributed by atoms with Gasteiger partial charge >= 0.3 is 7.27 Å². The molecule has 1 aliphatic heterocycles. The maximum absolute atomic E-state index is 11.7. The largest absolute Gasteiger partial charge is 0.551 e. The molecule has 0 aliphatic carbocycles. The van der Waals surface area contributed by atoms with Crippen molar-refractivity contribution >= 4 is 7.27 Å². The summed E-state index contributed by atoms with van der Waals surface area (Å²) in [5.74, 6) is 0. The van der Waals surface area contributed by atoms with Gasteiger partial charge in [0.1, 0.15) is 0 Å². The minimum atomic E-state index is -2.21. The van der Waals surface area contributed by atoms with Gasteiger partial charge in [0.05, 0.1) is 13.2 Å². The van der Waals surface area contributed by atoms with Gasteiger partial charge in [-0.3, -0.25) is 8.63 Å². The molecule has 0 saturated carbocycles. The second kappa shape index (κ2) is 3.88. The van der Waals surface area contributed by atoms with Gasteiger partial charge in [0.2, 0.25) is 0 Å². The van der Waals surface area contributed by atoms with Crippen LogP contribution in [0.3, 0.4) is 0 Å². The van der Waals surface area contributed by atoms with Crippen molar-refractivity contribution in [3.63, 3.8) is 0 Å². The predicted octanol–water partition coefficient (Wildman–Crippen LogP) is 0.285. The minimum Gasteiger partial charge on any atom is -0.379 e. The van der Waals surface area contributed by atoms with Crippen molar-refractivity contribution in [3.05, 3.63) is 0 Å². The molecule has 0 spiro atoms. The van der Waals surface area contributed by atoms with Crippen molar-refractivity contribution in [1.82, 2.24) is 4.90 Å². The van der Waals surface area contributed by atoms with E-state index in [9.17, 15) is 8.63 Å². The van der Waals surface area contributed by atoms with Crippen LogP contribution in [0.25, 0.3) is 0 Å². The Kier molecular flexibility index (Phi) is 3.08. The maximum atomic E-state index is 11.7. The first-order valence-electron chi connectivity index (χ1n) is 3.37. The van der Waals surface area contributed by atoms with Gasteiger partial charge in [0.15, 0.2) is 0 Å². The van der Waals surface area contributed by atoms with Crippen LogP contribution in [-0.4, -0.2) is 44.9 Å². The van der Waals surface area contributed by atoms with Gasteiger partial charge in [-0.2, -0.15) is 0 Å². The van der Waals surface area contributed by atoms with Gasteiger partial charge in [0, 0.05) is 19.5 Å². The summed E-state index contributed by atoms with van der Waals surface area (Å²) in [5.41, 5.74) is 0. The average molecular weight is 149 g/mol. The van der Waals surface area contributed by atoms with E-state index in [1.165, 1.54) is 0 Å². The summed E-state index contributed by atoms with van der Waals surface area (Å²) in [6.07, 6.45) is -0.108. The fraction of sp³-hybridized carbons (Fsp3) is 1.00. The standard InChI is InChI=1S/C5H10BF2NO/c7-6(8)5-9-1-3-10-4-2-9/h1-5H2. The number of hydrogen-bond acceptors (Lipinski definition) is 2. The highest BCUT2D eigenvalue weighted by Crippen LogP contribution is 1.98. The third-order valence-electron chi connectivity index (χ3n) is 1.50. The fourth-order valence-corrected chi connectivity index (χ4v) is 0.979. The zero-order valence-corrected chi connectivity index (χ0v) is 5.72. The Morgan fingerprint density at radius 3 is 2.40 bits per heavy atom. The average Bonchev–Trinajstić information content (AvgIpc) is 1.88. The van der Waals surface area contributed by atoms with Crippen molar-refractivity contribution in [2.45, 2.75) is 0 Å². The van der Waals surface area contributed by atoms with Crippen LogP contribution >= 0.6 is 0 Å². The Morgan fingerprint density at radius 1 is 1.30 bits per heavy atom.